The van der Waals surface area contributed by atoms with Crippen molar-refractivity contribution < 1.29 is 19.1 Å². The average Bonchev–Trinajstić information content (AvgIpc) is 3.08. The van der Waals surface area contributed by atoms with E-state index in [9.17, 15) is 14.4 Å². The van der Waals surface area contributed by atoms with Crippen LogP contribution < -0.4 is 0 Å². The first-order chi connectivity index (χ1) is 15.3. The summed E-state index contributed by atoms with van der Waals surface area (Å²) in [5.74, 6) is 0.178. The van der Waals surface area contributed by atoms with Gasteiger partial charge in [-0.1, -0.05) is 44.2 Å². The Hall–Kier alpha value is -2.61. The monoisotopic (exact) mass is 444 g/mol. The normalized spacial score (nSPS) is 20.8. The SMILES string of the molecule is CCN(Cc1ccccc1)C(=O)CN1C[C@H]2CN(CCOC)C(=O)[C@H](CC(C)C)N2C1=O. The molecule has 0 unspecified atom stereocenters. The van der Waals surface area contributed by atoms with Crippen molar-refractivity contribution >= 4 is 17.8 Å². The van der Waals surface area contributed by atoms with Crippen LogP contribution in [0.2, 0.25) is 0 Å². The second kappa shape index (κ2) is 10.8. The molecule has 0 aromatic heterocycles. The largest absolute Gasteiger partial charge is 0.383 e. The Morgan fingerprint density at radius 1 is 1.16 bits per heavy atom. The first kappa shape index (κ1) is 24.0. The number of urea groups is 1. The van der Waals surface area contributed by atoms with Crippen molar-refractivity contribution in [1.29, 1.82) is 0 Å². The molecular formula is C24H36N4O4. The maximum absolute atomic E-state index is 13.3. The Morgan fingerprint density at radius 2 is 1.84 bits per heavy atom. The number of benzene rings is 1. The van der Waals surface area contributed by atoms with E-state index in [1.165, 1.54) is 0 Å². The molecule has 2 aliphatic rings. The van der Waals surface area contributed by atoms with Crippen LogP contribution >= 0.6 is 0 Å². The summed E-state index contributed by atoms with van der Waals surface area (Å²) in [5.41, 5.74) is 1.06. The highest BCUT2D eigenvalue weighted by Gasteiger charge is 2.49. The third kappa shape index (κ3) is 5.41. The Bertz CT molecular complexity index is 800. The summed E-state index contributed by atoms with van der Waals surface area (Å²) in [6.07, 6.45) is 0.613. The Labute approximate surface area is 191 Å². The number of methoxy groups -OCH3 is 1. The van der Waals surface area contributed by atoms with Crippen molar-refractivity contribution in [2.75, 3.05) is 46.4 Å². The molecule has 2 fully saturated rings. The second-order valence-corrected chi connectivity index (χ2v) is 9.04. The van der Waals surface area contributed by atoms with Gasteiger partial charge in [0, 0.05) is 39.8 Å². The van der Waals surface area contributed by atoms with E-state index in [1.807, 2.05) is 42.2 Å². The van der Waals surface area contributed by atoms with Gasteiger partial charge in [0.15, 0.2) is 0 Å². The number of likely N-dealkylation sites (N-methyl/N-ethyl adjacent to an activating group) is 1. The van der Waals surface area contributed by atoms with Crippen LogP contribution in [0.25, 0.3) is 0 Å². The molecule has 2 heterocycles. The minimum Gasteiger partial charge on any atom is -0.383 e. The zero-order chi connectivity index (χ0) is 23.3. The maximum Gasteiger partial charge on any atom is 0.321 e. The first-order valence-electron chi connectivity index (χ1n) is 11.5. The zero-order valence-corrected chi connectivity index (χ0v) is 19.7. The number of nitrogens with zero attached hydrogens (tertiary/aromatic N) is 4. The summed E-state index contributed by atoms with van der Waals surface area (Å²) < 4.78 is 5.17. The molecule has 2 atom stereocenters. The van der Waals surface area contributed by atoms with Crippen LogP contribution in [0.15, 0.2) is 30.3 Å². The molecule has 176 valence electrons. The third-order valence-corrected chi connectivity index (χ3v) is 6.22. The van der Waals surface area contributed by atoms with E-state index in [1.54, 1.807) is 21.8 Å². The summed E-state index contributed by atoms with van der Waals surface area (Å²) in [6.45, 7) is 9.10. The lowest BCUT2D eigenvalue weighted by Crippen LogP contribution is -2.61. The molecule has 0 radical (unpaired) electrons. The number of piperazine rings is 1. The van der Waals surface area contributed by atoms with Crippen LogP contribution in [0, 0.1) is 5.92 Å². The van der Waals surface area contributed by atoms with Crippen molar-refractivity contribution in [1.82, 2.24) is 19.6 Å². The van der Waals surface area contributed by atoms with E-state index in [0.29, 0.717) is 45.8 Å². The van der Waals surface area contributed by atoms with Gasteiger partial charge in [0.2, 0.25) is 11.8 Å². The third-order valence-electron chi connectivity index (χ3n) is 6.22. The van der Waals surface area contributed by atoms with Crippen LogP contribution in [-0.2, 0) is 20.9 Å². The van der Waals surface area contributed by atoms with Crippen molar-refractivity contribution in [3.05, 3.63) is 35.9 Å². The van der Waals surface area contributed by atoms with Gasteiger partial charge in [0.05, 0.1) is 12.6 Å². The molecule has 0 bridgehead atoms. The molecule has 3 rings (SSSR count). The summed E-state index contributed by atoms with van der Waals surface area (Å²) in [6, 6.07) is 9.06. The van der Waals surface area contributed by atoms with Gasteiger partial charge in [0.1, 0.15) is 12.6 Å². The molecule has 8 heteroatoms. The smallest absolute Gasteiger partial charge is 0.321 e. The predicted molar refractivity (Wildman–Crippen MR) is 122 cm³/mol. The van der Waals surface area contributed by atoms with E-state index in [4.69, 9.17) is 4.74 Å². The van der Waals surface area contributed by atoms with Crippen LogP contribution in [0.5, 0.6) is 0 Å². The highest BCUT2D eigenvalue weighted by Crippen LogP contribution is 2.29. The Morgan fingerprint density at radius 3 is 2.47 bits per heavy atom. The number of rotatable bonds is 10. The second-order valence-electron chi connectivity index (χ2n) is 9.04. The number of fused-ring (bicyclic) bond motifs is 1. The summed E-state index contributed by atoms with van der Waals surface area (Å²) in [4.78, 5) is 46.4. The average molecular weight is 445 g/mol. The lowest BCUT2D eigenvalue weighted by molar-refractivity contribution is -0.143. The predicted octanol–water partition coefficient (Wildman–Crippen LogP) is 2.04. The fourth-order valence-corrected chi connectivity index (χ4v) is 4.59. The van der Waals surface area contributed by atoms with Gasteiger partial charge in [-0.2, -0.15) is 0 Å². The lowest BCUT2D eigenvalue weighted by Gasteiger charge is -2.42. The highest BCUT2D eigenvalue weighted by molar-refractivity contribution is 5.92. The van der Waals surface area contributed by atoms with Crippen molar-refractivity contribution in [2.24, 2.45) is 5.92 Å². The zero-order valence-electron chi connectivity index (χ0n) is 19.7. The van der Waals surface area contributed by atoms with Crippen LogP contribution in [0.4, 0.5) is 4.79 Å². The minimum atomic E-state index is -0.482. The molecule has 4 amide bonds. The molecule has 32 heavy (non-hydrogen) atoms. The molecule has 0 spiro atoms. The quantitative estimate of drug-likeness (QED) is 0.554. The topological polar surface area (TPSA) is 73.4 Å². The van der Waals surface area contributed by atoms with Gasteiger partial charge in [-0.15, -0.1) is 0 Å². The van der Waals surface area contributed by atoms with Crippen molar-refractivity contribution in [2.45, 2.75) is 45.8 Å². The van der Waals surface area contributed by atoms with Gasteiger partial charge in [-0.3, -0.25) is 9.59 Å². The summed E-state index contributed by atoms with van der Waals surface area (Å²) in [5, 5.41) is 0. The number of amides is 4. The summed E-state index contributed by atoms with van der Waals surface area (Å²) in [7, 11) is 1.62. The number of carbonyl (C=O) groups is 3. The number of hydrogen-bond acceptors (Lipinski definition) is 4. The molecule has 8 nitrogen and oxygen atoms in total. The van der Waals surface area contributed by atoms with Crippen molar-refractivity contribution in [3.8, 4) is 0 Å². The van der Waals surface area contributed by atoms with Gasteiger partial charge in [-0.25, -0.2) is 4.79 Å². The van der Waals surface area contributed by atoms with E-state index in [2.05, 4.69) is 13.8 Å². The number of hydrogen-bond donors (Lipinski definition) is 0. The van der Waals surface area contributed by atoms with E-state index >= 15 is 0 Å². The summed E-state index contributed by atoms with van der Waals surface area (Å²) >= 11 is 0. The molecule has 0 saturated carbocycles. The standard InChI is InChI=1S/C24H36N4O4/c1-5-25(14-19-9-7-6-8-10-19)22(29)17-27-16-20-15-26(11-12-32-4)23(30)21(13-18(2)3)28(20)24(27)31/h6-10,18,20-21H,5,11-17H2,1-4H3/t20-,21+/m1/s1. The highest BCUT2D eigenvalue weighted by atomic mass is 16.5. The van der Waals surface area contributed by atoms with Crippen LogP contribution in [0.3, 0.4) is 0 Å². The Kier molecular flexibility index (Phi) is 8.12. The Balaban J connectivity index is 1.71. The van der Waals surface area contributed by atoms with Gasteiger partial charge in [-0.05, 0) is 24.8 Å². The van der Waals surface area contributed by atoms with Crippen molar-refractivity contribution in [3.63, 3.8) is 0 Å². The maximum atomic E-state index is 13.3. The molecule has 1 aromatic carbocycles. The number of carbonyl (C=O) groups excluding carboxylic acids is 3. The van der Waals surface area contributed by atoms with Crippen LogP contribution in [0.1, 0.15) is 32.8 Å². The van der Waals surface area contributed by atoms with Gasteiger partial charge >= 0.3 is 6.03 Å². The lowest BCUT2D eigenvalue weighted by atomic mass is 9.97. The van der Waals surface area contributed by atoms with E-state index < -0.39 is 6.04 Å². The van der Waals surface area contributed by atoms with Gasteiger partial charge in [0.25, 0.3) is 0 Å². The molecule has 2 saturated heterocycles. The van der Waals surface area contributed by atoms with E-state index in [-0.39, 0.29) is 36.3 Å². The molecule has 0 aliphatic carbocycles. The van der Waals surface area contributed by atoms with Crippen LogP contribution in [-0.4, -0.2) is 96.0 Å². The fourth-order valence-electron chi connectivity index (χ4n) is 4.59. The first-order valence-corrected chi connectivity index (χ1v) is 11.5. The molecule has 1 aromatic rings. The molecular weight excluding hydrogens is 408 g/mol. The molecule has 0 N–H and O–H groups in total. The fraction of sp³-hybridized carbons (Fsp3) is 0.625. The van der Waals surface area contributed by atoms with Gasteiger partial charge < -0.3 is 24.3 Å². The number of ether oxygens (including phenoxy) is 1. The minimum absolute atomic E-state index is 0.0206. The molecule has 2 aliphatic heterocycles. The van der Waals surface area contributed by atoms with E-state index in [0.717, 1.165) is 5.56 Å².